The first-order chi connectivity index (χ1) is 8.11. The fourth-order valence-corrected chi connectivity index (χ4v) is 2.36. The number of pyridine rings is 1. The summed E-state index contributed by atoms with van der Waals surface area (Å²) >= 11 is 0. The van der Waals surface area contributed by atoms with Gasteiger partial charge in [-0.15, -0.1) is 0 Å². The third kappa shape index (κ3) is 2.97. The molecular formula is C14H19N3. The molecule has 0 amide bonds. The first-order valence-corrected chi connectivity index (χ1v) is 6.22. The van der Waals surface area contributed by atoms with Gasteiger partial charge < -0.3 is 4.90 Å². The first kappa shape index (κ1) is 11.9. The number of nitriles is 1. The highest BCUT2D eigenvalue weighted by atomic mass is 15.1. The van der Waals surface area contributed by atoms with E-state index >= 15 is 0 Å². The van der Waals surface area contributed by atoms with Gasteiger partial charge in [0.15, 0.2) is 0 Å². The third-order valence-electron chi connectivity index (χ3n) is 3.56. The molecule has 17 heavy (non-hydrogen) atoms. The van der Waals surface area contributed by atoms with Crippen LogP contribution in [0.1, 0.15) is 38.8 Å². The summed E-state index contributed by atoms with van der Waals surface area (Å²) in [7, 11) is 0. The maximum Gasteiger partial charge on any atom is 0.142 e. The standard InChI is InChI=1S/C14H19N3/c1-14(2)5-3-8-17(9-6-14)13-4-7-16-12(10-13)11-15/h4,7,10H,3,5-6,8-9H2,1-2H3. The molecule has 90 valence electrons. The number of aromatic nitrogens is 1. The Balaban J connectivity index is 2.14. The van der Waals surface area contributed by atoms with Gasteiger partial charge in [-0.2, -0.15) is 5.26 Å². The molecule has 0 aliphatic carbocycles. The Morgan fingerprint density at radius 3 is 2.94 bits per heavy atom. The van der Waals surface area contributed by atoms with Crippen LogP contribution < -0.4 is 4.90 Å². The van der Waals surface area contributed by atoms with Crippen molar-refractivity contribution in [3.8, 4) is 6.07 Å². The molecule has 1 saturated heterocycles. The second kappa shape index (κ2) is 4.75. The molecule has 1 aromatic heterocycles. The lowest BCUT2D eigenvalue weighted by Crippen LogP contribution is -2.25. The quantitative estimate of drug-likeness (QED) is 0.743. The molecule has 1 aromatic rings. The molecular weight excluding hydrogens is 210 g/mol. The van der Waals surface area contributed by atoms with E-state index in [0.29, 0.717) is 11.1 Å². The molecule has 3 nitrogen and oxygen atoms in total. The van der Waals surface area contributed by atoms with E-state index < -0.39 is 0 Å². The molecule has 2 rings (SSSR count). The molecule has 0 N–H and O–H groups in total. The van der Waals surface area contributed by atoms with E-state index in [0.717, 1.165) is 18.8 Å². The smallest absolute Gasteiger partial charge is 0.142 e. The monoisotopic (exact) mass is 229 g/mol. The SMILES string of the molecule is CC1(C)CCCN(c2ccnc(C#N)c2)CC1. The highest BCUT2D eigenvalue weighted by molar-refractivity contribution is 5.48. The van der Waals surface area contributed by atoms with E-state index in [9.17, 15) is 0 Å². The number of nitrogens with zero attached hydrogens (tertiary/aromatic N) is 3. The summed E-state index contributed by atoms with van der Waals surface area (Å²) < 4.78 is 0. The summed E-state index contributed by atoms with van der Waals surface area (Å²) in [5.41, 5.74) is 2.08. The first-order valence-electron chi connectivity index (χ1n) is 6.22. The van der Waals surface area contributed by atoms with Crippen LogP contribution in [0.2, 0.25) is 0 Å². The predicted molar refractivity (Wildman–Crippen MR) is 68.8 cm³/mol. The van der Waals surface area contributed by atoms with Crippen LogP contribution in [0.15, 0.2) is 18.3 Å². The van der Waals surface area contributed by atoms with Crippen LogP contribution in [-0.4, -0.2) is 18.1 Å². The predicted octanol–water partition coefficient (Wildman–Crippen LogP) is 2.97. The van der Waals surface area contributed by atoms with Crippen molar-refractivity contribution in [1.82, 2.24) is 4.98 Å². The zero-order valence-corrected chi connectivity index (χ0v) is 10.6. The highest BCUT2D eigenvalue weighted by Gasteiger charge is 2.23. The van der Waals surface area contributed by atoms with Gasteiger partial charge in [-0.25, -0.2) is 4.98 Å². The molecule has 0 aromatic carbocycles. The minimum absolute atomic E-state index is 0.444. The molecule has 0 spiro atoms. The lowest BCUT2D eigenvalue weighted by molar-refractivity contribution is 0.325. The Bertz CT molecular complexity index is 431. The van der Waals surface area contributed by atoms with Crippen LogP contribution >= 0.6 is 0 Å². The molecule has 0 atom stereocenters. The second-order valence-corrected chi connectivity index (χ2v) is 5.52. The summed E-state index contributed by atoms with van der Waals surface area (Å²) in [5, 5.41) is 8.87. The molecule has 1 fully saturated rings. The van der Waals surface area contributed by atoms with E-state index in [2.05, 4.69) is 29.8 Å². The van der Waals surface area contributed by atoms with Crippen molar-refractivity contribution >= 4 is 5.69 Å². The summed E-state index contributed by atoms with van der Waals surface area (Å²) in [4.78, 5) is 6.39. The van der Waals surface area contributed by atoms with Crippen molar-refractivity contribution in [2.45, 2.75) is 33.1 Å². The summed E-state index contributed by atoms with van der Waals surface area (Å²) in [5.74, 6) is 0. The summed E-state index contributed by atoms with van der Waals surface area (Å²) in [6, 6.07) is 5.99. The Morgan fingerprint density at radius 2 is 2.18 bits per heavy atom. The Labute approximate surface area is 103 Å². The van der Waals surface area contributed by atoms with Crippen molar-refractivity contribution in [2.75, 3.05) is 18.0 Å². The summed E-state index contributed by atoms with van der Waals surface area (Å²) in [6.45, 7) is 6.83. The number of rotatable bonds is 1. The second-order valence-electron chi connectivity index (χ2n) is 5.52. The zero-order chi connectivity index (χ0) is 12.3. The molecule has 0 unspecified atom stereocenters. The van der Waals surface area contributed by atoms with E-state index in [-0.39, 0.29) is 0 Å². The zero-order valence-electron chi connectivity index (χ0n) is 10.6. The van der Waals surface area contributed by atoms with Crippen molar-refractivity contribution in [3.63, 3.8) is 0 Å². The molecule has 0 bridgehead atoms. The fraction of sp³-hybridized carbons (Fsp3) is 0.571. The lowest BCUT2D eigenvalue weighted by atomic mass is 9.85. The van der Waals surface area contributed by atoms with E-state index in [1.807, 2.05) is 12.1 Å². The highest BCUT2D eigenvalue weighted by Crippen LogP contribution is 2.31. The van der Waals surface area contributed by atoms with Gasteiger partial charge in [-0.3, -0.25) is 0 Å². The minimum atomic E-state index is 0.444. The largest absolute Gasteiger partial charge is 0.371 e. The normalized spacial score (nSPS) is 19.5. The average Bonchev–Trinajstić information content (AvgIpc) is 2.50. The minimum Gasteiger partial charge on any atom is -0.371 e. The van der Waals surface area contributed by atoms with E-state index in [1.54, 1.807) is 6.20 Å². The maximum atomic E-state index is 8.87. The van der Waals surface area contributed by atoms with Gasteiger partial charge >= 0.3 is 0 Å². The van der Waals surface area contributed by atoms with Gasteiger partial charge in [0.05, 0.1) is 0 Å². The van der Waals surface area contributed by atoms with Crippen LogP contribution in [0.5, 0.6) is 0 Å². The van der Waals surface area contributed by atoms with Crippen molar-refractivity contribution in [1.29, 1.82) is 5.26 Å². The molecule has 3 heteroatoms. The molecule has 2 heterocycles. The fourth-order valence-electron chi connectivity index (χ4n) is 2.36. The summed E-state index contributed by atoms with van der Waals surface area (Å²) in [6.07, 6.45) is 5.43. The molecule has 1 aliphatic rings. The van der Waals surface area contributed by atoms with Gasteiger partial charge in [0, 0.05) is 25.0 Å². The van der Waals surface area contributed by atoms with Gasteiger partial charge in [0.1, 0.15) is 11.8 Å². The van der Waals surface area contributed by atoms with Crippen LogP contribution in [-0.2, 0) is 0 Å². The van der Waals surface area contributed by atoms with Crippen molar-refractivity contribution in [2.24, 2.45) is 5.41 Å². The van der Waals surface area contributed by atoms with E-state index in [4.69, 9.17) is 5.26 Å². The van der Waals surface area contributed by atoms with Crippen LogP contribution in [0, 0.1) is 16.7 Å². The lowest BCUT2D eigenvalue weighted by Gasteiger charge is -2.24. The van der Waals surface area contributed by atoms with Gasteiger partial charge in [0.25, 0.3) is 0 Å². The van der Waals surface area contributed by atoms with Gasteiger partial charge in [-0.05, 0) is 36.8 Å². The van der Waals surface area contributed by atoms with Gasteiger partial charge in [0.2, 0.25) is 0 Å². The number of hydrogen-bond donors (Lipinski definition) is 0. The van der Waals surface area contributed by atoms with Gasteiger partial charge in [-0.1, -0.05) is 13.8 Å². The number of hydrogen-bond acceptors (Lipinski definition) is 3. The maximum absolute atomic E-state index is 8.87. The van der Waals surface area contributed by atoms with Crippen LogP contribution in [0.3, 0.4) is 0 Å². The Hall–Kier alpha value is -1.56. The number of anilines is 1. The average molecular weight is 229 g/mol. The molecule has 0 saturated carbocycles. The topological polar surface area (TPSA) is 39.9 Å². The van der Waals surface area contributed by atoms with Crippen molar-refractivity contribution < 1.29 is 0 Å². The molecule has 0 radical (unpaired) electrons. The van der Waals surface area contributed by atoms with E-state index in [1.165, 1.54) is 19.3 Å². The van der Waals surface area contributed by atoms with Crippen molar-refractivity contribution in [3.05, 3.63) is 24.0 Å². The van der Waals surface area contributed by atoms with Crippen LogP contribution in [0.4, 0.5) is 5.69 Å². The Kier molecular flexibility index (Phi) is 3.33. The third-order valence-corrected chi connectivity index (χ3v) is 3.56. The van der Waals surface area contributed by atoms with Crippen LogP contribution in [0.25, 0.3) is 0 Å². The molecule has 1 aliphatic heterocycles. The Morgan fingerprint density at radius 1 is 1.35 bits per heavy atom.